The molecule has 2 aromatic rings. The van der Waals surface area contributed by atoms with Crippen LogP contribution in [0.5, 0.6) is 5.75 Å². The molecule has 16 heavy (non-hydrogen) atoms. The van der Waals surface area contributed by atoms with Crippen LogP contribution in [0.25, 0.3) is 0 Å². The van der Waals surface area contributed by atoms with Gasteiger partial charge in [0.15, 0.2) is 0 Å². The van der Waals surface area contributed by atoms with Gasteiger partial charge in [0, 0.05) is 19.8 Å². The molecule has 1 heterocycles. The van der Waals surface area contributed by atoms with Gasteiger partial charge in [-0.2, -0.15) is 5.10 Å². The Kier molecular flexibility index (Phi) is 2.81. The summed E-state index contributed by atoms with van der Waals surface area (Å²) in [7, 11) is 1.90. The van der Waals surface area contributed by atoms with E-state index in [-0.39, 0.29) is 0 Å². The van der Waals surface area contributed by atoms with Crippen LogP contribution < -0.4 is 5.32 Å². The smallest absolute Gasteiger partial charge is 0.115 e. The molecule has 0 aliphatic carbocycles. The normalized spacial score (nSPS) is 10.4. The number of rotatable bonds is 3. The first-order chi connectivity index (χ1) is 7.65. The minimum atomic E-state index is 0.294. The molecular weight excluding hydrogens is 202 g/mol. The quantitative estimate of drug-likeness (QED) is 0.827. The molecule has 0 aliphatic rings. The Bertz CT molecular complexity index is 491. The predicted molar refractivity (Wildman–Crippen MR) is 63.4 cm³/mol. The fraction of sp³-hybridized carbons (Fsp3) is 0.250. The molecule has 0 aliphatic heterocycles. The summed E-state index contributed by atoms with van der Waals surface area (Å²) in [5, 5.41) is 16.9. The monoisotopic (exact) mass is 217 g/mol. The van der Waals surface area contributed by atoms with Crippen molar-refractivity contribution in [1.82, 2.24) is 9.78 Å². The van der Waals surface area contributed by atoms with Gasteiger partial charge in [0.2, 0.25) is 0 Å². The molecule has 84 valence electrons. The van der Waals surface area contributed by atoms with Gasteiger partial charge >= 0.3 is 0 Å². The van der Waals surface area contributed by atoms with E-state index in [2.05, 4.69) is 10.4 Å². The molecule has 0 saturated carbocycles. The van der Waals surface area contributed by atoms with E-state index in [0.29, 0.717) is 12.3 Å². The zero-order valence-electron chi connectivity index (χ0n) is 9.44. The fourth-order valence-corrected chi connectivity index (χ4v) is 1.64. The molecule has 0 amide bonds. The van der Waals surface area contributed by atoms with Crippen LogP contribution in [0.3, 0.4) is 0 Å². The lowest BCUT2D eigenvalue weighted by Crippen LogP contribution is -1.99. The first kappa shape index (κ1) is 10.5. The zero-order valence-corrected chi connectivity index (χ0v) is 9.44. The van der Waals surface area contributed by atoms with Crippen molar-refractivity contribution in [2.45, 2.75) is 13.5 Å². The van der Waals surface area contributed by atoms with E-state index in [0.717, 1.165) is 16.9 Å². The van der Waals surface area contributed by atoms with Gasteiger partial charge in [-0.1, -0.05) is 12.1 Å². The summed E-state index contributed by atoms with van der Waals surface area (Å²) >= 11 is 0. The molecule has 0 unspecified atom stereocenters. The molecule has 0 atom stereocenters. The summed E-state index contributed by atoms with van der Waals surface area (Å²) < 4.78 is 1.78. The lowest BCUT2D eigenvalue weighted by atomic mass is 10.2. The summed E-state index contributed by atoms with van der Waals surface area (Å²) in [6, 6.07) is 7.22. The average Bonchev–Trinajstić information content (AvgIpc) is 2.54. The Labute approximate surface area is 94.5 Å². The minimum absolute atomic E-state index is 0.294. The second-order valence-corrected chi connectivity index (χ2v) is 3.83. The van der Waals surface area contributed by atoms with Crippen LogP contribution in [0.15, 0.2) is 30.5 Å². The number of aromatic hydroxyl groups is 1. The largest absolute Gasteiger partial charge is 0.508 e. The third-order valence-electron chi connectivity index (χ3n) is 2.41. The number of benzene rings is 1. The highest BCUT2D eigenvalue weighted by atomic mass is 16.3. The van der Waals surface area contributed by atoms with Gasteiger partial charge in [-0.25, -0.2) is 0 Å². The van der Waals surface area contributed by atoms with Crippen molar-refractivity contribution in [3.8, 4) is 5.75 Å². The standard InChI is InChI=1S/C12H15N3O/c1-9-12(8-15(2)14-9)13-7-10-4-3-5-11(16)6-10/h3-6,8,13,16H,7H2,1-2H3. The van der Waals surface area contributed by atoms with Gasteiger partial charge in [0.05, 0.1) is 11.4 Å². The van der Waals surface area contributed by atoms with Gasteiger partial charge in [0.1, 0.15) is 5.75 Å². The number of phenols is 1. The van der Waals surface area contributed by atoms with E-state index in [1.807, 2.05) is 32.3 Å². The summed E-state index contributed by atoms with van der Waals surface area (Å²) in [6.07, 6.45) is 1.94. The Morgan fingerprint density at radius 3 is 2.88 bits per heavy atom. The molecule has 0 spiro atoms. The van der Waals surface area contributed by atoms with Crippen molar-refractivity contribution in [1.29, 1.82) is 0 Å². The van der Waals surface area contributed by atoms with Crippen molar-refractivity contribution in [3.63, 3.8) is 0 Å². The van der Waals surface area contributed by atoms with Crippen LogP contribution in [0, 0.1) is 6.92 Å². The molecular formula is C12H15N3O. The summed E-state index contributed by atoms with van der Waals surface area (Å²) in [6.45, 7) is 2.64. The lowest BCUT2D eigenvalue weighted by molar-refractivity contribution is 0.474. The van der Waals surface area contributed by atoms with Crippen LogP contribution in [-0.4, -0.2) is 14.9 Å². The van der Waals surface area contributed by atoms with Crippen LogP contribution in [0.2, 0.25) is 0 Å². The number of aryl methyl sites for hydroxylation is 2. The predicted octanol–water partition coefficient (Wildman–Crippen LogP) is 2.05. The van der Waals surface area contributed by atoms with Crippen molar-refractivity contribution in [3.05, 3.63) is 41.7 Å². The number of hydrogen-bond donors (Lipinski definition) is 2. The third kappa shape index (κ3) is 2.34. The van der Waals surface area contributed by atoms with E-state index in [9.17, 15) is 5.11 Å². The van der Waals surface area contributed by atoms with E-state index in [4.69, 9.17) is 0 Å². The third-order valence-corrected chi connectivity index (χ3v) is 2.41. The minimum Gasteiger partial charge on any atom is -0.508 e. The molecule has 4 heteroatoms. The van der Waals surface area contributed by atoms with Crippen molar-refractivity contribution in [2.24, 2.45) is 7.05 Å². The number of anilines is 1. The number of nitrogens with zero attached hydrogens (tertiary/aromatic N) is 2. The molecule has 0 radical (unpaired) electrons. The summed E-state index contributed by atoms with van der Waals surface area (Å²) in [4.78, 5) is 0. The maximum Gasteiger partial charge on any atom is 0.115 e. The van der Waals surface area contributed by atoms with Gasteiger partial charge in [-0.15, -0.1) is 0 Å². The Morgan fingerprint density at radius 2 is 2.25 bits per heavy atom. The highest BCUT2D eigenvalue weighted by molar-refractivity contribution is 5.46. The SMILES string of the molecule is Cc1nn(C)cc1NCc1cccc(O)c1. The van der Waals surface area contributed by atoms with Gasteiger partial charge < -0.3 is 10.4 Å². The van der Waals surface area contributed by atoms with Crippen LogP contribution in [-0.2, 0) is 13.6 Å². The molecule has 2 rings (SSSR count). The van der Waals surface area contributed by atoms with E-state index >= 15 is 0 Å². The van der Waals surface area contributed by atoms with Crippen molar-refractivity contribution in [2.75, 3.05) is 5.32 Å². The van der Waals surface area contributed by atoms with Crippen molar-refractivity contribution >= 4 is 5.69 Å². The van der Waals surface area contributed by atoms with Gasteiger partial charge in [0.25, 0.3) is 0 Å². The fourth-order valence-electron chi connectivity index (χ4n) is 1.64. The number of phenolic OH excluding ortho intramolecular Hbond substituents is 1. The highest BCUT2D eigenvalue weighted by Gasteiger charge is 2.02. The van der Waals surface area contributed by atoms with E-state index in [1.54, 1.807) is 16.8 Å². The Morgan fingerprint density at radius 1 is 1.44 bits per heavy atom. The van der Waals surface area contributed by atoms with Crippen LogP contribution >= 0.6 is 0 Å². The van der Waals surface area contributed by atoms with Crippen LogP contribution in [0.4, 0.5) is 5.69 Å². The molecule has 1 aromatic heterocycles. The molecule has 4 nitrogen and oxygen atoms in total. The molecule has 0 bridgehead atoms. The van der Waals surface area contributed by atoms with E-state index < -0.39 is 0 Å². The second-order valence-electron chi connectivity index (χ2n) is 3.83. The van der Waals surface area contributed by atoms with Crippen LogP contribution in [0.1, 0.15) is 11.3 Å². The maximum absolute atomic E-state index is 9.32. The first-order valence-electron chi connectivity index (χ1n) is 5.17. The summed E-state index contributed by atoms with van der Waals surface area (Å²) in [5.41, 5.74) is 3.04. The summed E-state index contributed by atoms with van der Waals surface area (Å²) in [5.74, 6) is 0.294. The highest BCUT2D eigenvalue weighted by Crippen LogP contribution is 2.15. The first-order valence-corrected chi connectivity index (χ1v) is 5.17. The maximum atomic E-state index is 9.32. The van der Waals surface area contributed by atoms with Crippen molar-refractivity contribution < 1.29 is 5.11 Å². The molecule has 0 saturated heterocycles. The number of aromatic nitrogens is 2. The number of hydrogen-bond acceptors (Lipinski definition) is 3. The van der Waals surface area contributed by atoms with Gasteiger partial charge in [-0.3, -0.25) is 4.68 Å². The van der Waals surface area contributed by atoms with Gasteiger partial charge in [-0.05, 0) is 24.6 Å². The topological polar surface area (TPSA) is 50.1 Å². The number of nitrogens with one attached hydrogen (secondary N) is 1. The lowest BCUT2D eigenvalue weighted by Gasteiger charge is -2.05. The zero-order chi connectivity index (χ0) is 11.5. The Balaban J connectivity index is 2.05. The Hall–Kier alpha value is -1.97. The molecule has 1 aromatic carbocycles. The average molecular weight is 217 g/mol. The second kappa shape index (κ2) is 4.26. The molecule has 0 fully saturated rings. The molecule has 2 N–H and O–H groups in total. The van der Waals surface area contributed by atoms with E-state index in [1.165, 1.54) is 0 Å².